The standard InChI is InChI=1S/C14H18FN3O/c1-10(13-4-3-11(15)9-14(13)19)16-7-5-12-6-8-18(2)17-12/h3-4,6,8-10,16,19H,5,7H2,1-2H3. The molecule has 0 aliphatic carbocycles. The van der Waals surface area contributed by atoms with E-state index >= 15 is 0 Å². The van der Waals surface area contributed by atoms with Crippen molar-refractivity contribution in [2.24, 2.45) is 7.05 Å². The monoisotopic (exact) mass is 263 g/mol. The van der Waals surface area contributed by atoms with E-state index in [0.29, 0.717) is 5.56 Å². The number of benzene rings is 1. The number of phenols is 1. The molecule has 19 heavy (non-hydrogen) atoms. The predicted molar refractivity (Wildman–Crippen MR) is 71.4 cm³/mol. The van der Waals surface area contributed by atoms with E-state index in [1.54, 1.807) is 10.7 Å². The first-order chi connectivity index (χ1) is 9.06. The summed E-state index contributed by atoms with van der Waals surface area (Å²) in [5.74, 6) is -0.445. The third kappa shape index (κ3) is 3.54. The van der Waals surface area contributed by atoms with E-state index in [4.69, 9.17) is 0 Å². The van der Waals surface area contributed by atoms with Gasteiger partial charge in [-0.1, -0.05) is 6.07 Å². The zero-order valence-corrected chi connectivity index (χ0v) is 11.1. The molecule has 1 aromatic heterocycles. The number of hydrogen-bond donors (Lipinski definition) is 2. The average Bonchev–Trinajstić information content (AvgIpc) is 2.75. The molecule has 0 aliphatic rings. The van der Waals surface area contributed by atoms with Crippen LogP contribution in [-0.4, -0.2) is 21.4 Å². The van der Waals surface area contributed by atoms with Crippen LogP contribution in [0.5, 0.6) is 5.75 Å². The molecule has 0 spiro atoms. The molecule has 5 heteroatoms. The molecule has 0 saturated heterocycles. The maximum atomic E-state index is 12.9. The van der Waals surface area contributed by atoms with E-state index in [0.717, 1.165) is 24.7 Å². The van der Waals surface area contributed by atoms with Gasteiger partial charge in [0.1, 0.15) is 11.6 Å². The fourth-order valence-corrected chi connectivity index (χ4v) is 2.01. The normalized spacial score (nSPS) is 12.6. The summed E-state index contributed by atoms with van der Waals surface area (Å²) in [7, 11) is 1.89. The van der Waals surface area contributed by atoms with Gasteiger partial charge in [-0.2, -0.15) is 5.10 Å². The summed E-state index contributed by atoms with van der Waals surface area (Å²) in [4.78, 5) is 0. The highest BCUT2D eigenvalue weighted by Gasteiger charge is 2.10. The highest BCUT2D eigenvalue weighted by molar-refractivity contribution is 5.34. The average molecular weight is 263 g/mol. The Balaban J connectivity index is 1.88. The molecule has 0 radical (unpaired) electrons. The molecule has 1 atom stereocenters. The first-order valence-corrected chi connectivity index (χ1v) is 6.26. The maximum Gasteiger partial charge on any atom is 0.126 e. The van der Waals surface area contributed by atoms with Gasteiger partial charge < -0.3 is 10.4 Å². The topological polar surface area (TPSA) is 50.1 Å². The van der Waals surface area contributed by atoms with Crippen molar-refractivity contribution in [3.63, 3.8) is 0 Å². The fourth-order valence-electron chi connectivity index (χ4n) is 2.01. The van der Waals surface area contributed by atoms with E-state index in [1.165, 1.54) is 6.07 Å². The van der Waals surface area contributed by atoms with Gasteiger partial charge in [0.25, 0.3) is 0 Å². The number of nitrogens with one attached hydrogen (secondary N) is 1. The van der Waals surface area contributed by atoms with Crippen LogP contribution in [0, 0.1) is 5.82 Å². The molecule has 1 heterocycles. The SMILES string of the molecule is CC(NCCc1ccn(C)n1)c1ccc(F)cc1O. The van der Waals surface area contributed by atoms with Gasteiger partial charge in [0, 0.05) is 43.9 Å². The van der Waals surface area contributed by atoms with Gasteiger partial charge in [0.05, 0.1) is 5.69 Å². The molecular weight excluding hydrogens is 245 g/mol. The van der Waals surface area contributed by atoms with Crippen molar-refractivity contribution in [3.8, 4) is 5.75 Å². The summed E-state index contributed by atoms with van der Waals surface area (Å²) in [5.41, 5.74) is 1.72. The second kappa shape index (κ2) is 5.84. The summed E-state index contributed by atoms with van der Waals surface area (Å²) in [6.07, 6.45) is 2.72. The van der Waals surface area contributed by atoms with Crippen LogP contribution < -0.4 is 5.32 Å². The second-order valence-electron chi connectivity index (χ2n) is 4.61. The van der Waals surface area contributed by atoms with Gasteiger partial charge >= 0.3 is 0 Å². The molecule has 0 aliphatic heterocycles. The molecule has 2 N–H and O–H groups in total. The first kappa shape index (κ1) is 13.5. The summed E-state index contributed by atoms with van der Waals surface area (Å²) in [6.45, 7) is 2.68. The van der Waals surface area contributed by atoms with Crippen molar-refractivity contribution in [3.05, 3.63) is 47.5 Å². The zero-order chi connectivity index (χ0) is 13.8. The molecule has 4 nitrogen and oxygen atoms in total. The maximum absolute atomic E-state index is 12.9. The lowest BCUT2D eigenvalue weighted by Crippen LogP contribution is -2.21. The third-order valence-electron chi connectivity index (χ3n) is 3.06. The Morgan fingerprint density at radius 1 is 1.42 bits per heavy atom. The molecule has 0 saturated carbocycles. The lowest BCUT2D eigenvalue weighted by atomic mass is 10.1. The van der Waals surface area contributed by atoms with E-state index < -0.39 is 5.82 Å². The highest BCUT2D eigenvalue weighted by Crippen LogP contribution is 2.24. The summed E-state index contributed by atoms with van der Waals surface area (Å²) in [5, 5.41) is 17.3. The highest BCUT2D eigenvalue weighted by atomic mass is 19.1. The molecule has 2 rings (SSSR count). The summed E-state index contributed by atoms with van der Waals surface area (Å²) in [6, 6.07) is 6.02. The van der Waals surface area contributed by atoms with Crippen LogP contribution >= 0.6 is 0 Å². The quantitative estimate of drug-likeness (QED) is 0.869. The van der Waals surface area contributed by atoms with Gasteiger partial charge in [-0.25, -0.2) is 4.39 Å². The number of aryl methyl sites for hydroxylation is 1. The van der Waals surface area contributed by atoms with Crippen LogP contribution in [0.3, 0.4) is 0 Å². The first-order valence-electron chi connectivity index (χ1n) is 6.26. The Bertz CT molecular complexity index is 553. The van der Waals surface area contributed by atoms with Crippen LogP contribution in [0.15, 0.2) is 30.5 Å². The number of aromatic hydroxyl groups is 1. The largest absolute Gasteiger partial charge is 0.508 e. The van der Waals surface area contributed by atoms with Crippen molar-refractivity contribution >= 4 is 0 Å². The number of nitrogens with zero attached hydrogens (tertiary/aromatic N) is 2. The van der Waals surface area contributed by atoms with Crippen molar-refractivity contribution < 1.29 is 9.50 Å². The minimum atomic E-state index is -0.429. The van der Waals surface area contributed by atoms with E-state index in [2.05, 4.69) is 10.4 Å². The van der Waals surface area contributed by atoms with Gasteiger partial charge in [0.2, 0.25) is 0 Å². The number of aromatic nitrogens is 2. The Kier molecular flexibility index (Phi) is 4.16. The number of phenolic OH excluding ortho intramolecular Hbond substituents is 1. The zero-order valence-electron chi connectivity index (χ0n) is 11.1. The Hall–Kier alpha value is -1.88. The molecule has 1 unspecified atom stereocenters. The van der Waals surface area contributed by atoms with E-state index in [9.17, 15) is 9.50 Å². The van der Waals surface area contributed by atoms with Crippen LogP contribution in [0.2, 0.25) is 0 Å². The van der Waals surface area contributed by atoms with Crippen LogP contribution in [0.4, 0.5) is 4.39 Å². The molecule has 1 aromatic carbocycles. The van der Waals surface area contributed by atoms with Gasteiger partial charge in [-0.05, 0) is 19.1 Å². The van der Waals surface area contributed by atoms with E-state index in [-0.39, 0.29) is 11.8 Å². The Morgan fingerprint density at radius 2 is 2.21 bits per heavy atom. The van der Waals surface area contributed by atoms with Crippen LogP contribution in [-0.2, 0) is 13.5 Å². The van der Waals surface area contributed by atoms with Gasteiger partial charge in [-0.3, -0.25) is 4.68 Å². The smallest absolute Gasteiger partial charge is 0.126 e. The van der Waals surface area contributed by atoms with Crippen molar-refractivity contribution in [1.29, 1.82) is 0 Å². The minimum absolute atomic E-state index is 0.0159. The van der Waals surface area contributed by atoms with E-state index in [1.807, 2.05) is 26.2 Å². The lowest BCUT2D eigenvalue weighted by molar-refractivity contribution is 0.447. The number of halogens is 1. The molecule has 0 bridgehead atoms. The minimum Gasteiger partial charge on any atom is -0.508 e. The van der Waals surface area contributed by atoms with Crippen LogP contribution in [0.25, 0.3) is 0 Å². The third-order valence-corrected chi connectivity index (χ3v) is 3.06. The number of hydrogen-bond acceptors (Lipinski definition) is 3. The van der Waals surface area contributed by atoms with Gasteiger partial charge in [0.15, 0.2) is 0 Å². The van der Waals surface area contributed by atoms with Crippen molar-refractivity contribution in [1.82, 2.24) is 15.1 Å². The van der Waals surface area contributed by atoms with Crippen molar-refractivity contribution in [2.75, 3.05) is 6.54 Å². The predicted octanol–water partition coefficient (Wildman–Crippen LogP) is 2.16. The fraction of sp³-hybridized carbons (Fsp3) is 0.357. The number of rotatable bonds is 5. The Morgan fingerprint density at radius 3 is 2.84 bits per heavy atom. The Labute approximate surface area is 111 Å². The lowest BCUT2D eigenvalue weighted by Gasteiger charge is -2.15. The molecule has 0 amide bonds. The van der Waals surface area contributed by atoms with Crippen LogP contribution in [0.1, 0.15) is 24.2 Å². The summed E-state index contributed by atoms with van der Waals surface area (Å²) >= 11 is 0. The molecular formula is C14H18FN3O. The second-order valence-corrected chi connectivity index (χ2v) is 4.61. The molecule has 102 valence electrons. The van der Waals surface area contributed by atoms with Gasteiger partial charge in [-0.15, -0.1) is 0 Å². The molecule has 0 fully saturated rings. The van der Waals surface area contributed by atoms with Crippen molar-refractivity contribution in [2.45, 2.75) is 19.4 Å². The summed E-state index contributed by atoms with van der Waals surface area (Å²) < 4.78 is 14.7. The molecule has 2 aromatic rings.